The van der Waals surface area contributed by atoms with Crippen molar-refractivity contribution in [1.29, 1.82) is 0 Å². The average Bonchev–Trinajstić information content (AvgIpc) is 2.25. The second kappa shape index (κ2) is 3.35. The molecule has 1 aliphatic carbocycles. The molecule has 0 bridgehead atoms. The van der Waals surface area contributed by atoms with Gasteiger partial charge in [-0.05, 0) is 37.8 Å². The van der Waals surface area contributed by atoms with Crippen LogP contribution in [0.15, 0.2) is 34.2 Å². The Balaban J connectivity index is 2.09. The average molecular weight is 219 g/mol. The maximum atomic E-state index is 10.5. The Kier molecular flexibility index (Phi) is 2.11. The van der Waals surface area contributed by atoms with Gasteiger partial charge in [-0.3, -0.25) is 4.99 Å². The van der Waals surface area contributed by atoms with E-state index in [9.17, 15) is 5.11 Å². The van der Waals surface area contributed by atoms with Crippen molar-refractivity contribution >= 4 is 23.2 Å². The molecular formula is C12H13NOS. The highest BCUT2D eigenvalue weighted by Gasteiger charge is 2.39. The SMILES string of the molecule is OC12CCCCC1=Nc1ccccc1S2. The third-order valence-electron chi connectivity index (χ3n) is 3.03. The first-order valence-corrected chi connectivity index (χ1v) is 6.18. The van der Waals surface area contributed by atoms with Crippen LogP contribution in [0.1, 0.15) is 25.7 Å². The van der Waals surface area contributed by atoms with Gasteiger partial charge in [-0.1, -0.05) is 23.9 Å². The Morgan fingerprint density at radius 2 is 2.13 bits per heavy atom. The second-order valence-electron chi connectivity index (χ2n) is 4.12. The predicted molar refractivity (Wildman–Crippen MR) is 62.8 cm³/mol. The predicted octanol–water partition coefficient (Wildman–Crippen LogP) is 3.13. The van der Waals surface area contributed by atoms with Crippen LogP contribution in [0.3, 0.4) is 0 Å². The van der Waals surface area contributed by atoms with Crippen LogP contribution in [0, 0.1) is 0 Å². The van der Waals surface area contributed by atoms with E-state index < -0.39 is 4.93 Å². The number of para-hydroxylation sites is 1. The zero-order valence-corrected chi connectivity index (χ0v) is 9.26. The fourth-order valence-corrected chi connectivity index (χ4v) is 3.45. The molecule has 1 saturated carbocycles. The highest BCUT2D eigenvalue weighted by molar-refractivity contribution is 8.01. The van der Waals surface area contributed by atoms with Gasteiger partial charge in [0, 0.05) is 4.90 Å². The smallest absolute Gasteiger partial charge is 0.153 e. The minimum absolute atomic E-state index is 0.716. The lowest BCUT2D eigenvalue weighted by Gasteiger charge is -2.36. The van der Waals surface area contributed by atoms with E-state index in [2.05, 4.69) is 4.99 Å². The van der Waals surface area contributed by atoms with E-state index in [1.165, 1.54) is 0 Å². The number of nitrogens with zero attached hydrogens (tertiary/aromatic N) is 1. The number of aliphatic hydroxyl groups is 1. The first-order chi connectivity index (χ1) is 7.28. The van der Waals surface area contributed by atoms with Crippen LogP contribution in [0.2, 0.25) is 0 Å². The monoisotopic (exact) mass is 219 g/mol. The van der Waals surface area contributed by atoms with E-state index in [0.29, 0.717) is 0 Å². The van der Waals surface area contributed by atoms with Gasteiger partial charge in [0.2, 0.25) is 0 Å². The van der Waals surface area contributed by atoms with Crippen molar-refractivity contribution in [3.8, 4) is 0 Å². The van der Waals surface area contributed by atoms with Crippen molar-refractivity contribution in [3.63, 3.8) is 0 Å². The highest BCUT2D eigenvalue weighted by atomic mass is 32.2. The van der Waals surface area contributed by atoms with Crippen LogP contribution in [0.5, 0.6) is 0 Å². The molecule has 1 fully saturated rings. The van der Waals surface area contributed by atoms with Gasteiger partial charge in [-0.15, -0.1) is 0 Å². The lowest BCUT2D eigenvalue weighted by molar-refractivity contribution is 0.180. The maximum Gasteiger partial charge on any atom is 0.153 e. The zero-order valence-electron chi connectivity index (χ0n) is 8.44. The van der Waals surface area contributed by atoms with Gasteiger partial charge in [0.15, 0.2) is 4.93 Å². The number of aliphatic imine (C=N–C) groups is 1. The highest BCUT2D eigenvalue weighted by Crippen LogP contribution is 2.47. The van der Waals surface area contributed by atoms with E-state index in [4.69, 9.17) is 0 Å². The molecule has 1 aliphatic heterocycles. The lowest BCUT2D eigenvalue weighted by atomic mass is 9.94. The number of hydrogen-bond acceptors (Lipinski definition) is 3. The molecular weight excluding hydrogens is 206 g/mol. The van der Waals surface area contributed by atoms with Crippen molar-refractivity contribution in [2.24, 2.45) is 4.99 Å². The van der Waals surface area contributed by atoms with Crippen LogP contribution in [-0.2, 0) is 0 Å². The number of thioether (sulfide) groups is 1. The molecule has 2 aliphatic rings. The van der Waals surface area contributed by atoms with Gasteiger partial charge in [-0.2, -0.15) is 0 Å². The van der Waals surface area contributed by atoms with Gasteiger partial charge in [0.05, 0.1) is 11.4 Å². The minimum atomic E-state index is -0.716. The molecule has 1 unspecified atom stereocenters. The number of hydrogen-bond donors (Lipinski definition) is 1. The van der Waals surface area contributed by atoms with Gasteiger partial charge in [-0.25, -0.2) is 0 Å². The summed E-state index contributed by atoms with van der Waals surface area (Å²) in [6.45, 7) is 0. The zero-order chi connectivity index (χ0) is 10.3. The summed E-state index contributed by atoms with van der Waals surface area (Å²) in [5, 5.41) is 10.5. The molecule has 78 valence electrons. The minimum Gasteiger partial charge on any atom is -0.374 e. The molecule has 3 heteroatoms. The van der Waals surface area contributed by atoms with Gasteiger partial charge < -0.3 is 5.11 Å². The Hall–Kier alpha value is -0.800. The van der Waals surface area contributed by atoms with Gasteiger partial charge in [0.25, 0.3) is 0 Å². The van der Waals surface area contributed by atoms with Crippen LogP contribution < -0.4 is 0 Å². The summed E-state index contributed by atoms with van der Waals surface area (Å²) in [5.74, 6) is 0. The standard InChI is InChI=1S/C12H13NOS/c14-12-8-4-3-7-11(12)13-9-5-1-2-6-10(9)15-12/h1-2,5-6,14H,3-4,7-8H2. The molecule has 0 amide bonds. The summed E-state index contributed by atoms with van der Waals surface area (Å²) in [4.78, 5) is 4.97. The first-order valence-electron chi connectivity index (χ1n) is 5.36. The first kappa shape index (κ1) is 9.43. The molecule has 2 nitrogen and oxygen atoms in total. The molecule has 1 atom stereocenters. The van der Waals surface area contributed by atoms with Crippen LogP contribution in [0.4, 0.5) is 5.69 Å². The third kappa shape index (κ3) is 1.50. The summed E-state index contributed by atoms with van der Waals surface area (Å²) in [7, 11) is 0. The van der Waals surface area contributed by atoms with Crippen molar-refractivity contribution in [3.05, 3.63) is 24.3 Å². The van der Waals surface area contributed by atoms with Crippen molar-refractivity contribution in [2.75, 3.05) is 0 Å². The number of rotatable bonds is 0. The normalized spacial score (nSPS) is 29.0. The molecule has 0 saturated heterocycles. The molecule has 0 aromatic heterocycles. The Morgan fingerprint density at radius 1 is 1.27 bits per heavy atom. The van der Waals surface area contributed by atoms with Crippen molar-refractivity contribution in [1.82, 2.24) is 0 Å². The van der Waals surface area contributed by atoms with E-state index in [-0.39, 0.29) is 0 Å². The van der Waals surface area contributed by atoms with E-state index in [0.717, 1.165) is 42.0 Å². The molecule has 1 aromatic rings. The van der Waals surface area contributed by atoms with Crippen molar-refractivity contribution < 1.29 is 5.11 Å². The molecule has 0 radical (unpaired) electrons. The Labute approximate surface area is 93.4 Å². The van der Waals surface area contributed by atoms with Gasteiger partial charge >= 0.3 is 0 Å². The Bertz CT molecular complexity index is 429. The number of fused-ring (bicyclic) bond motifs is 2. The molecule has 15 heavy (non-hydrogen) atoms. The van der Waals surface area contributed by atoms with E-state index in [1.807, 2.05) is 24.3 Å². The van der Waals surface area contributed by atoms with Crippen LogP contribution >= 0.6 is 11.8 Å². The third-order valence-corrected chi connectivity index (χ3v) is 4.37. The molecule has 1 N–H and O–H groups in total. The largest absolute Gasteiger partial charge is 0.374 e. The molecule has 1 aromatic carbocycles. The summed E-state index contributed by atoms with van der Waals surface area (Å²) in [5.41, 5.74) is 1.99. The summed E-state index contributed by atoms with van der Waals surface area (Å²) in [6, 6.07) is 8.05. The van der Waals surface area contributed by atoms with E-state index >= 15 is 0 Å². The van der Waals surface area contributed by atoms with Crippen LogP contribution in [-0.4, -0.2) is 15.8 Å². The quantitative estimate of drug-likeness (QED) is 0.727. The Morgan fingerprint density at radius 3 is 3.07 bits per heavy atom. The van der Waals surface area contributed by atoms with E-state index in [1.54, 1.807) is 11.8 Å². The summed E-state index contributed by atoms with van der Waals surface area (Å²) >= 11 is 1.57. The fraction of sp³-hybridized carbons (Fsp3) is 0.417. The van der Waals surface area contributed by atoms with Crippen molar-refractivity contribution in [2.45, 2.75) is 35.5 Å². The molecule has 3 rings (SSSR count). The van der Waals surface area contributed by atoms with Gasteiger partial charge in [0.1, 0.15) is 0 Å². The fourth-order valence-electron chi connectivity index (χ4n) is 2.21. The van der Waals surface area contributed by atoms with Crippen LogP contribution in [0.25, 0.3) is 0 Å². The molecule has 1 heterocycles. The molecule has 0 spiro atoms. The number of benzene rings is 1. The maximum absolute atomic E-state index is 10.5. The summed E-state index contributed by atoms with van der Waals surface area (Å²) in [6.07, 6.45) is 4.04. The topological polar surface area (TPSA) is 32.6 Å². The summed E-state index contributed by atoms with van der Waals surface area (Å²) < 4.78 is 0. The lowest BCUT2D eigenvalue weighted by Crippen LogP contribution is -2.39. The second-order valence-corrected chi connectivity index (χ2v) is 5.44.